The molecule has 2 N–H and O–H groups in total. The van der Waals surface area contributed by atoms with E-state index in [1.165, 1.54) is 4.57 Å². The number of carbonyl (C=O) groups is 1. The molecule has 4 aromatic rings. The lowest BCUT2D eigenvalue weighted by molar-refractivity contribution is -0.120. The summed E-state index contributed by atoms with van der Waals surface area (Å²) in [5, 5.41) is 6.03. The second kappa shape index (κ2) is 11.0. The lowest BCUT2D eigenvalue weighted by Gasteiger charge is -2.28. The van der Waals surface area contributed by atoms with Gasteiger partial charge < -0.3 is 25.0 Å². The van der Waals surface area contributed by atoms with Crippen LogP contribution in [0.1, 0.15) is 12.2 Å². The fourth-order valence-electron chi connectivity index (χ4n) is 4.71. The van der Waals surface area contributed by atoms with Crippen LogP contribution in [0.15, 0.2) is 54.6 Å². The van der Waals surface area contributed by atoms with Crippen LogP contribution in [0.5, 0.6) is 0 Å². The summed E-state index contributed by atoms with van der Waals surface area (Å²) in [7, 11) is 0. The topological polar surface area (TPSA) is 106 Å². The van der Waals surface area contributed by atoms with E-state index in [9.17, 15) is 13.6 Å². The van der Waals surface area contributed by atoms with E-state index in [-0.39, 0.29) is 11.9 Å². The largest absolute Gasteiger partial charge is 0.378 e. The van der Waals surface area contributed by atoms with Gasteiger partial charge in [-0.1, -0.05) is 24.3 Å². The van der Waals surface area contributed by atoms with Crippen molar-refractivity contribution in [2.24, 2.45) is 0 Å². The Morgan fingerprint density at radius 3 is 2.54 bits per heavy atom. The molecule has 2 aromatic heterocycles. The Hall–Kier alpha value is -4.00. The molecular formula is C27H27F2N7O3. The van der Waals surface area contributed by atoms with Crippen molar-refractivity contribution < 1.29 is 23.0 Å². The van der Waals surface area contributed by atoms with E-state index >= 15 is 0 Å². The maximum atomic E-state index is 14.1. The number of ether oxygens (including phenoxy) is 2. The molecule has 0 radical (unpaired) electrons. The van der Waals surface area contributed by atoms with Crippen molar-refractivity contribution in [3.63, 3.8) is 0 Å². The van der Waals surface area contributed by atoms with E-state index in [0.29, 0.717) is 74.3 Å². The Morgan fingerprint density at radius 2 is 1.79 bits per heavy atom. The molecule has 10 nitrogen and oxygen atoms in total. The van der Waals surface area contributed by atoms with E-state index in [1.807, 2.05) is 23.1 Å². The first-order valence-corrected chi connectivity index (χ1v) is 12.8. The van der Waals surface area contributed by atoms with Crippen LogP contribution < -0.4 is 15.5 Å². The number of imidazole rings is 1. The highest BCUT2D eigenvalue weighted by atomic mass is 19.3. The summed E-state index contributed by atoms with van der Waals surface area (Å²) in [6.45, 7) is 3.85. The minimum absolute atomic E-state index is 0.110. The van der Waals surface area contributed by atoms with E-state index < -0.39 is 18.3 Å². The highest BCUT2D eigenvalue weighted by Gasteiger charge is 2.24. The number of para-hydroxylation sites is 2. The average molecular weight is 536 g/mol. The predicted molar refractivity (Wildman–Crippen MR) is 141 cm³/mol. The Balaban J connectivity index is 1.38. The zero-order valence-electron chi connectivity index (χ0n) is 21.0. The first kappa shape index (κ1) is 25.3. The highest BCUT2D eigenvalue weighted by Crippen LogP contribution is 2.30. The number of hydrogen-bond donors (Lipinski definition) is 2. The number of rotatable bonds is 6. The zero-order valence-corrected chi connectivity index (χ0v) is 21.0. The fourth-order valence-corrected chi connectivity index (χ4v) is 4.71. The van der Waals surface area contributed by atoms with Gasteiger partial charge in [0.15, 0.2) is 5.82 Å². The number of amides is 1. The van der Waals surface area contributed by atoms with Crippen molar-refractivity contribution in [3.8, 4) is 17.2 Å². The van der Waals surface area contributed by atoms with Crippen molar-refractivity contribution in [3.05, 3.63) is 60.4 Å². The van der Waals surface area contributed by atoms with E-state index in [1.54, 1.807) is 36.4 Å². The number of alkyl halides is 2. The number of benzene rings is 2. The number of hydrogen-bond acceptors (Lipinski definition) is 8. The summed E-state index contributed by atoms with van der Waals surface area (Å²) in [6.07, 6.45) is -2.82. The van der Waals surface area contributed by atoms with Crippen LogP contribution in [0.2, 0.25) is 0 Å². The van der Waals surface area contributed by atoms with Gasteiger partial charge in [-0.3, -0.25) is 9.36 Å². The molecule has 2 aromatic carbocycles. The lowest BCUT2D eigenvalue weighted by Crippen LogP contribution is -2.48. The van der Waals surface area contributed by atoms with E-state index in [4.69, 9.17) is 19.4 Å². The molecule has 2 aliphatic heterocycles. The van der Waals surface area contributed by atoms with Gasteiger partial charge in [0.2, 0.25) is 11.9 Å². The van der Waals surface area contributed by atoms with Gasteiger partial charge in [-0.15, -0.1) is 0 Å². The van der Waals surface area contributed by atoms with Crippen LogP contribution in [-0.2, 0) is 14.3 Å². The second-order valence-corrected chi connectivity index (χ2v) is 9.25. The molecular weight excluding hydrogens is 508 g/mol. The number of nitrogens with one attached hydrogen (secondary N) is 2. The van der Waals surface area contributed by atoms with Gasteiger partial charge in [-0.25, -0.2) is 18.7 Å². The number of aromatic nitrogens is 4. The quantitative estimate of drug-likeness (QED) is 0.388. The Kier molecular flexibility index (Phi) is 7.14. The molecule has 4 heterocycles. The van der Waals surface area contributed by atoms with Gasteiger partial charge >= 0.3 is 0 Å². The molecule has 1 atom stereocenters. The molecule has 0 bridgehead atoms. The molecule has 1 unspecified atom stereocenters. The smallest absolute Gasteiger partial charge is 0.296 e. The number of halogens is 2. The minimum Gasteiger partial charge on any atom is -0.378 e. The Morgan fingerprint density at radius 1 is 1.00 bits per heavy atom. The lowest BCUT2D eigenvalue weighted by atomic mass is 10.1. The number of fused-ring (bicyclic) bond motifs is 1. The summed E-state index contributed by atoms with van der Waals surface area (Å²) in [5.41, 5.74) is 2.86. The van der Waals surface area contributed by atoms with E-state index in [2.05, 4.69) is 15.6 Å². The number of carbonyl (C=O) groups excluding carboxylic acids is 1. The molecule has 12 heteroatoms. The first-order valence-electron chi connectivity index (χ1n) is 12.8. The average Bonchev–Trinajstić information content (AvgIpc) is 3.38. The third-order valence-corrected chi connectivity index (χ3v) is 6.70. The van der Waals surface area contributed by atoms with Gasteiger partial charge in [0.25, 0.3) is 6.43 Å². The summed E-state index contributed by atoms with van der Waals surface area (Å²) in [4.78, 5) is 28.2. The van der Waals surface area contributed by atoms with Crippen LogP contribution in [-0.4, -0.2) is 77.5 Å². The van der Waals surface area contributed by atoms with Gasteiger partial charge in [0, 0.05) is 37.0 Å². The van der Waals surface area contributed by atoms with Crippen molar-refractivity contribution in [1.82, 2.24) is 24.8 Å². The molecule has 0 saturated carbocycles. The van der Waals surface area contributed by atoms with Crippen LogP contribution >= 0.6 is 0 Å². The summed E-state index contributed by atoms with van der Waals surface area (Å²) < 4.78 is 40.4. The van der Waals surface area contributed by atoms with Crippen molar-refractivity contribution in [2.45, 2.75) is 12.5 Å². The molecule has 1 amide bonds. The molecule has 2 aliphatic rings. The van der Waals surface area contributed by atoms with Crippen molar-refractivity contribution in [2.75, 3.05) is 56.3 Å². The molecule has 2 fully saturated rings. The Bertz CT molecular complexity index is 1470. The van der Waals surface area contributed by atoms with Gasteiger partial charge in [-0.2, -0.15) is 4.98 Å². The minimum atomic E-state index is -2.82. The molecule has 2 saturated heterocycles. The summed E-state index contributed by atoms with van der Waals surface area (Å²) in [6, 6.07) is 15.6. The zero-order chi connectivity index (χ0) is 26.8. The predicted octanol–water partition coefficient (Wildman–Crippen LogP) is 3.18. The maximum Gasteiger partial charge on any atom is 0.296 e. The number of nitrogens with zero attached hydrogens (tertiary/aromatic N) is 5. The number of anilines is 2. The molecule has 202 valence electrons. The summed E-state index contributed by atoms with van der Waals surface area (Å²) >= 11 is 0. The Labute approximate surface area is 223 Å². The first-order chi connectivity index (χ1) is 19.1. The SMILES string of the molecule is O=C(Nc1ccc(-c2cc(N3CCOCC3)nc(-n3c(C(F)F)nc4ccccc43)n2)cc1)C1COCCN1. The van der Waals surface area contributed by atoms with Crippen LogP contribution in [0.25, 0.3) is 28.2 Å². The molecule has 0 aliphatic carbocycles. The fraction of sp³-hybridized carbons (Fsp3) is 0.333. The normalized spacial score (nSPS) is 18.0. The number of morpholine rings is 2. The molecule has 39 heavy (non-hydrogen) atoms. The highest BCUT2D eigenvalue weighted by molar-refractivity contribution is 5.95. The standard InChI is InChI=1S/C27H27F2N7O3/c28-24(29)25-32-19-3-1-2-4-22(19)36(25)27-33-20(15-23(34-27)35-10-13-38-14-11-35)17-5-7-18(8-6-17)31-26(37)21-16-39-12-9-30-21/h1-8,15,21,24,30H,9-14,16H2,(H,31,37). The van der Waals surface area contributed by atoms with Crippen LogP contribution in [0.3, 0.4) is 0 Å². The van der Waals surface area contributed by atoms with Crippen molar-refractivity contribution in [1.29, 1.82) is 0 Å². The van der Waals surface area contributed by atoms with Crippen LogP contribution in [0, 0.1) is 0 Å². The third-order valence-electron chi connectivity index (χ3n) is 6.70. The monoisotopic (exact) mass is 535 g/mol. The van der Waals surface area contributed by atoms with Gasteiger partial charge in [0.1, 0.15) is 11.9 Å². The maximum absolute atomic E-state index is 14.1. The third kappa shape index (κ3) is 5.31. The van der Waals surface area contributed by atoms with Crippen LogP contribution in [0.4, 0.5) is 20.3 Å². The second-order valence-electron chi connectivity index (χ2n) is 9.25. The molecule has 6 rings (SSSR count). The molecule has 0 spiro atoms. The van der Waals surface area contributed by atoms with Gasteiger partial charge in [0.05, 0.1) is 43.2 Å². The van der Waals surface area contributed by atoms with E-state index in [0.717, 1.165) is 5.56 Å². The van der Waals surface area contributed by atoms with Gasteiger partial charge in [-0.05, 0) is 24.3 Å². The summed E-state index contributed by atoms with van der Waals surface area (Å²) in [5.74, 6) is 0.128. The van der Waals surface area contributed by atoms with Crippen molar-refractivity contribution >= 4 is 28.4 Å².